The molecule has 1 aliphatic rings. The van der Waals surface area contributed by atoms with Crippen molar-refractivity contribution in [2.45, 2.75) is 25.5 Å². The van der Waals surface area contributed by atoms with Crippen molar-refractivity contribution in [2.24, 2.45) is 0 Å². The van der Waals surface area contributed by atoms with Crippen molar-refractivity contribution in [3.05, 3.63) is 35.6 Å². The molecular formula is C16H18N2O4. The van der Waals surface area contributed by atoms with E-state index in [1.54, 1.807) is 13.2 Å². The molecule has 0 spiro atoms. The first kappa shape index (κ1) is 14.6. The summed E-state index contributed by atoms with van der Waals surface area (Å²) in [6.45, 7) is 0.215. The number of nitrogens with one attached hydrogen (secondary N) is 2. The minimum Gasteiger partial charge on any atom is -0.451 e. The van der Waals surface area contributed by atoms with Crippen molar-refractivity contribution in [3.8, 4) is 0 Å². The molecule has 0 unspecified atom stereocenters. The molecule has 0 atom stereocenters. The van der Waals surface area contributed by atoms with Crippen LogP contribution in [0.3, 0.4) is 0 Å². The van der Waals surface area contributed by atoms with Crippen LogP contribution in [0, 0.1) is 0 Å². The van der Waals surface area contributed by atoms with E-state index >= 15 is 0 Å². The summed E-state index contributed by atoms with van der Waals surface area (Å²) in [6, 6.07) is 7.67. The molecule has 2 amide bonds. The van der Waals surface area contributed by atoms with Gasteiger partial charge >= 0.3 is 0 Å². The molecule has 1 fully saturated rings. The molecule has 1 aromatic carbocycles. The van der Waals surface area contributed by atoms with Gasteiger partial charge in [0.05, 0.1) is 13.2 Å². The smallest absolute Gasteiger partial charge is 0.287 e. The summed E-state index contributed by atoms with van der Waals surface area (Å²) in [7, 11) is 1.56. The number of carbonyl (C=O) groups excluding carboxylic acids is 2. The van der Waals surface area contributed by atoms with E-state index in [1.165, 1.54) is 0 Å². The number of hydrogen-bond donors (Lipinski definition) is 2. The number of furan rings is 1. The normalized spacial score (nSPS) is 14.0. The Labute approximate surface area is 127 Å². The number of hydrogen-bond acceptors (Lipinski definition) is 4. The molecule has 2 N–H and O–H groups in total. The average Bonchev–Trinajstić information content (AvgIpc) is 3.25. The molecule has 22 heavy (non-hydrogen) atoms. The third-order valence-electron chi connectivity index (χ3n) is 3.55. The molecule has 1 aromatic heterocycles. The fraction of sp³-hybridized carbons (Fsp3) is 0.375. The van der Waals surface area contributed by atoms with Crippen molar-refractivity contribution < 1.29 is 18.7 Å². The average molecular weight is 302 g/mol. The Morgan fingerprint density at radius 2 is 2.09 bits per heavy atom. The number of benzene rings is 1. The van der Waals surface area contributed by atoms with Crippen LogP contribution in [0.15, 0.2) is 28.7 Å². The second kappa shape index (κ2) is 6.19. The SMILES string of the molecule is COCc1c(C(=O)NCC(=O)NC2CC2)oc2ccccc12. The van der Waals surface area contributed by atoms with Crippen molar-refractivity contribution in [1.29, 1.82) is 0 Å². The maximum Gasteiger partial charge on any atom is 0.287 e. The molecule has 0 radical (unpaired) electrons. The van der Waals surface area contributed by atoms with Crippen molar-refractivity contribution in [3.63, 3.8) is 0 Å². The fourth-order valence-corrected chi connectivity index (χ4v) is 2.32. The van der Waals surface area contributed by atoms with Crippen LogP contribution < -0.4 is 10.6 Å². The summed E-state index contributed by atoms with van der Waals surface area (Å²) >= 11 is 0. The minimum atomic E-state index is -0.408. The van der Waals surface area contributed by atoms with Crippen molar-refractivity contribution in [2.75, 3.05) is 13.7 Å². The Hall–Kier alpha value is -2.34. The van der Waals surface area contributed by atoms with Gasteiger partial charge in [0.25, 0.3) is 5.91 Å². The molecular weight excluding hydrogens is 284 g/mol. The van der Waals surface area contributed by atoms with Gasteiger partial charge in [-0.2, -0.15) is 0 Å². The highest BCUT2D eigenvalue weighted by atomic mass is 16.5. The first-order chi connectivity index (χ1) is 10.7. The van der Waals surface area contributed by atoms with Gasteiger partial charge in [0.15, 0.2) is 5.76 Å². The lowest BCUT2D eigenvalue weighted by Crippen LogP contribution is -2.37. The van der Waals surface area contributed by atoms with Crippen molar-refractivity contribution in [1.82, 2.24) is 10.6 Å². The third-order valence-corrected chi connectivity index (χ3v) is 3.55. The molecule has 3 rings (SSSR count). The minimum absolute atomic E-state index is 0.0567. The lowest BCUT2D eigenvalue weighted by atomic mass is 10.1. The first-order valence-corrected chi connectivity index (χ1v) is 7.26. The lowest BCUT2D eigenvalue weighted by Gasteiger charge is -2.05. The van der Waals surface area contributed by atoms with Gasteiger partial charge in [-0.3, -0.25) is 9.59 Å². The number of ether oxygens (including phenoxy) is 1. The maximum atomic E-state index is 12.3. The Balaban J connectivity index is 1.74. The van der Waals surface area contributed by atoms with E-state index in [9.17, 15) is 9.59 Å². The lowest BCUT2D eigenvalue weighted by molar-refractivity contribution is -0.120. The zero-order valence-electron chi connectivity index (χ0n) is 12.3. The molecule has 2 aromatic rings. The Morgan fingerprint density at radius 1 is 1.32 bits per heavy atom. The summed E-state index contributed by atoms with van der Waals surface area (Å²) < 4.78 is 10.8. The zero-order valence-corrected chi connectivity index (χ0v) is 12.3. The number of amides is 2. The standard InChI is InChI=1S/C16H18N2O4/c1-21-9-12-11-4-2-3-5-13(11)22-15(12)16(20)17-8-14(19)18-10-6-7-10/h2-5,10H,6-9H2,1H3,(H,17,20)(H,18,19). The largest absolute Gasteiger partial charge is 0.451 e. The van der Waals surface area contributed by atoms with Crippen LogP contribution in [0.4, 0.5) is 0 Å². The number of carbonyl (C=O) groups is 2. The van der Waals surface area contributed by atoms with E-state index in [4.69, 9.17) is 9.15 Å². The topological polar surface area (TPSA) is 80.6 Å². The van der Waals surface area contributed by atoms with Crippen LogP contribution in [-0.4, -0.2) is 31.5 Å². The number of methoxy groups -OCH3 is 1. The van der Waals surface area contributed by atoms with E-state index in [2.05, 4.69) is 10.6 Å². The van der Waals surface area contributed by atoms with Crippen LogP contribution in [0.1, 0.15) is 29.0 Å². The van der Waals surface area contributed by atoms with Gasteiger partial charge in [0.1, 0.15) is 5.58 Å². The van der Waals surface area contributed by atoms with E-state index in [-0.39, 0.29) is 30.9 Å². The third kappa shape index (κ3) is 3.12. The summed E-state index contributed by atoms with van der Waals surface area (Å²) in [6.07, 6.45) is 2.03. The highest BCUT2D eigenvalue weighted by molar-refractivity contribution is 6.00. The Morgan fingerprint density at radius 3 is 2.82 bits per heavy atom. The number of rotatable bonds is 6. The Bertz CT molecular complexity index is 703. The van der Waals surface area contributed by atoms with Gasteiger partial charge in [-0.25, -0.2) is 0 Å². The van der Waals surface area contributed by atoms with E-state index in [1.807, 2.05) is 18.2 Å². The van der Waals surface area contributed by atoms with Gasteiger partial charge < -0.3 is 19.8 Å². The van der Waals surface area contributed by atoms with Gasteiger partial charge in [-0.05, 0) is 18.9 Å². The predicted molar refractivity (Wildman–Crippen MR) is 80.4 cm³/mol. The fourth-order valence-electron chi connectivity index (χ4n) is 2.32. The molecule has 6 heteroatoms. The molecule has 1 saturated carbocycles. The molecule has 0 bridgehead atoms. The van der Waals surface area contributed by atoms with Crippen LogP contribution in [0.5, 0.6) is 0 Å². The monoisotopic (exact) mass is 302 g/mol. The van der Waals surface area contributed by atoms with Crippen LogP contribution >= 0.6 is 0 Å². The van der Waals surface area contributed by atoms with E-state index < -0.39 is 5.91 Å². The zero-order chi connectivity index (χ0) is 15.5. The quantitative estimate of drug-likeness (QED) is 0.849. The van der Waals surface area contributed by atoms with Crippen LogP contribution in [-0.2, 0) is 16.1 Å². The first-order valence-electron chi connectivity index (χ1n) is 7.26. The second-order valence-electron chi connectivity index (χ2n) is 5.36. The molecule has 1 heterocycles. The van der Waals surface area contributed by atoms with Gasteiger partial charge in [0.2, 0.25) is 5.91 Å². The van der Waals surface area contributed by atoms with Gasteiger partial charge in [0, 0.05) is 24.1 Å². The van der Waals surface area contributed by atoms with Crippen LogP contribution in [0.25, 0.3) is 11.0 Å². The number of fused-ring (bicyclic) bond motifs is 1. The van der Waals surface area contributed by atoms with Crippen molar-refractivity contribution >= 4 is 22.8 Å². The highest BCUT2D eigenvalue weighted by Gasteiger charge is 2.24. The maximum absolute atomic E-state index is 12.3. The summed E-state index contributed by atoms with van der Waals surface area (Å²) in [5, 5.41) is 6.25. The second-order valence-corrected chi connectivity index (χ2v) is 5.36. The van der Waals surface area contributed by atoms with E-state index in [0.717, 1.165) is 18.2 Å². The summed E-state index contributed by atoms with van der Waals surface area (Å²) in [4.78, 5) is 23.9. The predicted octanol–water partition coefficient (Wildman–Crippen LogP) is 1.59. The van der Waals surface area contributed by atoms with Gasteiger partial charge in [-0.1, -0.05) is 18.2 Å². The molecule has 6 nitrogen and oxygen atoms in total. The van der Waals surface area contributed by atoms with Crippen LogP contribution in [0.2, 0.25) is 0 Å². The van der Waals surface area contributed by atoms with E-state index in [0.29, 0.717) is 11.1 Å². The summed E-state index contributed by atoms with van der Waals surface area (Å²) in [5.41, 5.74) is 1.32. The number of para-hydroxylation sites is 1. The molecule has 1 aliphatic carbocycles. The summed E-state index contributed by atoms with van der Waals surface area (Å²) in [5.74, 6) is -0.392. The van der Waals surface area contributed by atoms with Gasteiger partial charge in [-0.15, -0.1) is 0 Å². The molecule has 0 saturated heterocycles. The molecule has 116 valence electrons. The highest BCUT2D eigenvalue weighted by Crippen LogP contribution is 2.26. The molecule has 0 aliphatic heterocycles. The Kier molecular flexibility index (Phi) is 4.11.